The maximum Gasteiger partial charge on any atom is 0.341 e. The summed E-state index contributed by atoms with van der Waals surface area (Å²) in [4.78, 5) is 10.5. The highest BCUT2D eigenvalue weighted by molar-refractivity contribution is 6.32. The van der Waals surface area contributed by atoms with Crippen molar-refractivity contribution in [1.29, 1.82) is 10.5 Å². The van der Waals surface area contributed by atoms with E-state index in [4.69, 9.17) is 36.7 Å². The Morgan fingerprint density at radius 3 is 2.48 bits per heavy atom. The first-order valence-electron chi connectivity index (χ1n) is 5.84. The number of benzene rings is 1. The summed E-state index contributed by atoms with van der Waals surface area (Å²) in [5.41, 5.74) is 0.291. The molecule has 21 heavy (non-hydrogen) atoms. The van der Waals surface area contributed by atoms with Crippen LogP contribution in [0.3, 0.4) is 0 Å². The Balaban J connectivity index is 3.24. The number of carboxylic acid groups (broad SMARTS) is 1. The van der Waals surface area contributed by atoms with Crippen LogP contribution in [0.15, 0.2) is 17.7 Å². The molecule has 0 unspecified atom stereocenters. The monoisotopic (exact) mass is 306 g/mol. The first-order valence-corrected chi connectivity index (χ1v) is 6.22. The molecule has 0 amide bonds. The van der Waals surface area contributed by atoms with Gasteiger partial charge in [-0.3, -0.25) is 0 Å². The Morgan fingerprint density at radius 1 is 1.33 bits per heavy atom. The van der Waals surface area contributed by atoms with Gasteiger partial charge < -0.3 is 14.6 Å². The number of rotatable bonds is 6. The summed E-state index contributed by atoms with van der Waals surface area (Å²) in [6.45, 7) is 1.55. The molecule has 0 atom stereocenters. The van der Waals surface area contributed by atoms with E-state index in [1.165, 1.54) is 18.2 Å². The molecule has 1 aromatic carbocycles. The average molecular weight is 307 g/mol. The van der Waals surface area contributed by atoms with E-state index >= 15 is 0 Å². The molecule has 108 valence electrons. The molecule has 0 aliphatic heterocycles. The van der Waals surface area contributed by atoms with Gasteiger partial charge in [-0.1, -0.05) is 11.6 Å². The van der Waals surface area contributed by atoms with Crippen molar-refractivity contribution in [2.24, 2.45) is 0 Å². The molecule has 0 saturated heterocycles. The number of nitrogens with zero attached hydrogens (tertiary/aromatic N) is 2. The van der Waals surface area contributed by atoms with Crippen molar-refractivity contribution in [2.75, 3.05) is 13.2 Å². The van der Waals surface area contributed by atoms with Gasteiger partial charge in [-0.15, -0.1) is 0 Å². The van der Waals surface area contributed by atoms with E-state index in [2.05, 4.69) is 0 Å². The molecule has 0 spiro atoms. The Bertz CT molecular complexity index is 640. The van der Waals surface area contributed by atoms with E-state index in [0.717, 1.165) is 0 Å². The van der Waals surface area contributed by atoms with Gasteiger partial charge in [-0.05, 0) is 24.6 Å². The molecule has 0 fully saturated rings. The lowest BCUT2D eigenvalue weighted by atomic mass is 10.1. The fourth-order valence-corrected chi connectivity index (χ4v) is 1.64. The van der Waals surface area contributed by atoms with E-state index in [0.29, 0.717) is 12.2 Å². The minimum absolute atomic E-state index is 0.112. The summed E-state index contributed by atoms with van der Waals surface area (Å²) in [7, 11) is 0. The third-order valence-electron chi connectivity index (χ3n) is 2.25. The van der Waals surface area contributed by atoms with Crippen molar-refractivity contribution in [1.82, 2.24) is 0 Å². The van der Waals surface area contributed by atoms with E-state index in [9.17, 15) is 4.79 Å². The van der Waals surface area contributed by atoms with Crippen LogP contribution in [-0.2, 0) is 4.79 Å². The first-order chi connectivity index (χ1) is 10.0. The van der Waals surface area contributed by atoms with E-state index in [-0.39, 0.29) is 22.1 Å². The van der Waals surface area contributed by atoms with Gasteiger partial charge in [0.15, 0.2) is 18.1 Å². The van der Waals surface area contributed by atoms with Crippen LogP contribution in [0, 0.1) is 22.7 Å². The van der Waals surface area contributed by atoms with Gasteiger partial charge >= 0.3 is 5.97 Å². The number of hydrogen-bond acceptors (Lipinski definition) is 5. The third-order valence-corrected chi connectivity index (χ3v) is 2.58. The Kier molecular flexibility index (Phi) is 6.06. The summed E-state index contributed by atoms with van der Waals surface area (Å²) < 4.78 is 10.4. The first kappa shape index (κ1) is 16.4. The lowest BCUT2D eigenvalue weighted by Gasteiger charge is -2.12. The van der Waals surface area contributed by atoms with Crippen molar-refractivity contribution in [3.8, 4) is 23.6 Å². The summed E-state index contributed by atoms with van der Waals surface area (Å²) >= 11 is 6.03. The average Bonchev–Trinajstić information content (AvgIpc) is 2.45. The van der Waals surface area contributed by atoms with Gasteiger partial charge in [-0.25, -0.2) is 4.79 Å². The maximum atomic E-state index is 10.5. The van der Waals surface area contributed by atoms with Crippen molar-refractivity contribution in [2.45, 2.75) is 6.92 Å². The third kappa shape index (κ3) is 4.72. The summed E-state index contributed by atoms with van der Waals surface area (Å²) in [5, 5.41) is 26.3. The zero-order valence-electron chi connectivity index (χ0n) is 11.1. The standard InChI is InChI=1S/C14H11ClN2O4/c1-2-20-12-4-10(3-9(6-16)7-17)11(15)5-13(12)21-8-14(18)19/h3-5H,2,8H2,1H3,(H,18,19). The fraction of sp³-hybridized carbons (Fsp3) is 0.214. The molecule has 0 bridgehead atoms. The van der Waals surface area contributed by atoms with E-state index < -0.39 is 12.6 Å². The number of ether oxygens (including phenoxy) is 2. The zero-order valence-corrected chi connectivity index (χ0v) is 11.8. The number of carbonyl (C=O) groups is 1. The molecule has 0 aliphatic carbocycles. The smallest absolute Gasteiger partial charge is 0.341 e. The summed E-state index contributed by atoms with van der Waals surface area (Å²) in [6.07, 6.45) is 1.31. The van der Waals surface area contributed by atoms with Crippen molar-refractivity contribution in [3.63, 3.8) is 0 Å². The van der Waals surface area contributed by atoms with Gasteiger partial charge in [0, 0.05) is 6.07 Å². The highest BCUT2D eigenvalue weighted by Gasteiger charge is 2.12. The quantitative estimate of drug-likeness (QED) is 0.810. The predicted octanol–water partition coefficient (Wildman–Crippen LogP) is 2.63. The van der Waals surface area contributed by atoms with Crippen molar-refractivity contribution in [3.05, 3.63) is 28.3 Å². The fourth-order valence-electron chi connectivity index (χ4n) is 1.43. The highest BCUT2D eigenvalue weighted by atomic mass is 35.5. The van der Waals surface area contributed by atoms with Gasteiger partial charge in [0.25, 0.3) is 0 Å². The normalized spacial score (nSPS) is 9.14. The Hall–Kier alpha value is -2.70. The summed E-state index contributed by atoms with van der Waals surface area (Å²) in [5.74, 6) is -0.671. The van der Waals surface area contributed by atoms with Crippen LogP contribution in [-0.4, -0.2) is 24.3 Å². The lowest BCUT2D eigenvalue weighted by Crippen LogP contribution is -2.10. The molecular formula is C14H11ClN2O4. The van der Waals surface area contributed by atoms with Gasteiger partial charge in [0.2, 0.25) is 0 Å². The van der Waals surface area contributed by atoms with Crippen LogP contribution in [0.2, 0.25) is 5.02 Å². The molecule has 1 N–H and O–H groups in total. The Morgan fingerprint density at radius 2 is 1.95 bits per heavy atom. The highest BCUT2D eigenvalue weighted by Crippen LogP contribution is 2.34. The molecule has 0 saturated carbocycles. The number of allylic oxidation sites excluding steroid dienone is 1. The van der Waals surface area contributed by atoms with Crippen LogP contribution < -0.4 is 9.47 Å². The predicted molar refractivity (Wildman–Crippen MR) is 75.0 cm³/mol. The molecular weight excluding hydrogens is 296 g/mol. The number of halogens is 1. The van der Waals surface area contributed by atoms with Gasteiger partial charge in [0.05, 0.1) is 11.6 Å². The molecule has 6 nitrogen and oxygen atoms in total. The zero-order chi connectivity index (χ0) is 15.8. The van der Waals surface area contributed by atoms with Crippen LogP contribution in [0.1, 0.15) is 12.5 Å². The number of carboxylic acids is 1. The van der Waals surface area contributed by atoms with Crippen LogP contribution in [0.5, 0.6) is 11.5 Å². The van der Waals surface area contributed by atoms with Crippen LogP contribution in [0.4, 0.5) is 0 Å². The second kappa shape index (κ2) is 7.78. The lowest BCUT2D eigenvalue weighted by molar-refractivity contribution is -0.139. The minimum Gasteiger partial charge on any atom is -0.490 e. The summed E-state index contributed by atoms with van der Waals surface area (Å²) in [6, 6.07) is 6.32. The van der Waals surface area contributed by atoms with E-state index in [1.54, 1.807) is 19.1 Å². The Labute approximate surface area is 126 Å². The van der Waals surface area contributed by atoms with Crippen molar-refractivity contribution >= 4 is 23.6 Å². The van der Waals surface area contributed by atoms with E-state index in [1.807, 2.05) is 0 Å². The van der Waals surface area contributed by atoms with Crippen molar-refractivity contribution < 1.29 is 19.4 Å². The molecule has 1 aromatic rings. The number of aliphatic carboxylic acids is 1. The van der Waals surface area contributed by atoms with Gasteiger partial charge in [-0.2, -0.15) is 10.5 Å². The second-order valence-corrected chi connectivity index (χ2v) is 4.12. The van der Waals surface area contributed by atoms with Crippen LogP contribution in [0.25, 0.3) is 6.08 Å². The SMILES string of the molecule is CCOc1cc(C=C(C#N)C#N)c(Cl)cc1OCC(=O)O. The number of hydrogen-bond donors (Lipinski definition) is 1. The molecule has 0 aromatic heterocycles. The maximum absolute atomic E-state index is 10.5. The molecule has 7 heteroatoms. The molecule has 0 heterocycles. The molecule has 0 aliphatic rings. The molecule has 1 rings (SSSR count). The van der Waals surface area contributed by atoms with Gasteiger partial charge in [0.1, 0.15) is 17.7 Å². The molecule has 0 radical (unpaired) electrons. The topological polar surface area (TPSA) is 103 Å². The largest absolute Gasteiger partial charge is 0.490 e. The number of nitriles is 2. The second-order valence-electron chi connectivity index (χ2n) is 3.72. The van der Waals surface area contributed by atoms with Crippen LogP contribution >= 0.6 is 11.6 Å². The minimum atomic E-state index is -1.13.